The summed E-state index contributed by atoms with van der Waals surface area (Å²) < 4.78 is 0. The van der Waals surface area contributed by atoms with E-state index in [9.17, 15) is 29.1 Å². The first-order chi connectivity index (χ1) is 36.3. The normalized spacial score (nSPS) is 21.4. The summed E-state index contributed by atoms with van der Waals surface area (Å²) in [5, 5.41) is 20.5. The number of carbonyl (C=O) groups is 5. The number of carbonyl (C=O) groups excluding carboxylic acids is 5. The largest absolute Gasteiger partial charge is 0.391 e. The van der Waals surface area contributed by atoms with Crippen LogP contribution in [0.1, 0.15) is 123 Å². The Balaban J connectivity index is 0.678. The maximum absolute atomic E-state index is 14.1. The fourth-order valence-electron chi connectivity index (χ4n) is 10.5. The first-order valence-corrected chi connectivity index (χ1v) is 29.1. The highest BCUT2D eigenvalue weighted by molar-refractivity contribution is 7.99. The molecule has 3 saturated heterocycles. The highest BCUT2D eigenvalue weighted by atomic mass is 32.2. The molecule has 0 spiro atoms. The minimum Gasteiger partial charge on any atom is -0.391 e. The second kappa shape index (κ2) is 25.3. The Hall–Kier alpha value is -5.47. The van der Waals surface area contributed by atoms with Crippen molar-refractivity contribution < 1.29 is 29.1 Å². The number of piperidine rings is 1. The third kappa shape index (κ3) is 15.2. The lowest BCUT2D eigenvalue weighted by Crippen LogP contribution is -2.57. The lowest BCUT2D eigenvalue weighted by molar-refractivity contribution is -0.144. The number of amides is 5. The summed E-state index contributed by atoms with van der Waals surface area (Å²) in [6, 6.07) is 13.6. The Morgan fingerprint density at radius 1 is 0.855 bits per heavy atom. The van der Waals surface area contributed by atoms with Gasteiger partial charge in [-0.05, 0) is 94.2 Å². The van der Waals surface area contributed by atoms with Gasteiger partial charge in [-0.25, -0.2) is 15.0 Å². The Labute approximate surface area is 457 Å². The average Bonchev–Trinajstić information content (AvgIpc) is 3.93. The van der Waals surface area contributed by atoms with E-state index in [-0.39, 0.29) is 65.9 Å². The number of aliphatic hydroxyl groups excluding tert-OH is 1. The van der Waals surface area contributed by atoms with Crippen LogP contribution < -0.4 is 26.6 Å². The van der Waals surface area contributed by atoms with Crippen LogP contribution in [0.4, 0.5) is 11.5 Å². The molecule has 76 heavy (non-hydrogen) atoms. The minimum atomic E-state index is -0.862. The maximum atomic E-state index is 14.1. The van der Waals surface area contributed by atoms with Crippen LogP contribution in [0.5, 0.6) is 0 Å². The molecule has 2 unspecified atom stereocenters. The molecule has 2 aromatic heterocycles. The van der Waals surface area contributed by atoms with E-state index in [1.807, 2.05) is 99.8 Å². The molecule has 0 bridgehead atoms. The molecule has 17 nitrogen and oxygen atoms in total. The number of rotatable bonds is 21. The van der Waals surface area contributed by atoms with E-state index in [1.165, 1.54) is 16.7 Å². The SMILES string of the molecule is Cc1ncsc1-c1ccc([C@H](C)NC(=O)[C@@H]2C[C@@H](O)CN2C(=O)[C@@H](NC(=O)CCCCCCCCN2CCN(C(=O)C3CC3C(=O)Nc3cccc(Sc4cnc(N5CCC(C)(N)CC5)cn4)c3)CC2)C(C)(C)C)cc1. The van der Waals surface area contributed by atoms with Gasteiger partial charge in [0.1, 0.15) is 22.9 Å². The first-order valence-electron chi connectivity index (χ1n) is 27.4. The minimum absolute atomic E-state index is 0.0247. The van der Waals surface area contributed by atoms with Crippen LogP contribution in [-0.4, -0.2) is 140 Å². The van der Waals surface area contributed by atoms with Gasteiger partial charge in [0.2, 0.25) is 29.5 Å². The van der Waals surface area contributed by atoms with E-state index in [0.717, 1.165) is 115 Å². The van der Waals surface area contributed by atoms with Crippen LogP contribution in [0.3, 0.4) is 0 Å². The van der Waals surface area contributed by atoms with Gasteiger partial charge in [-0.3, -0.25) is 28.9 Å². The molecule has 5 heterocycles. The fourth-order valence-corrected chi connectivity index (χ4v) is 12.1. The summed E-state index contributed by atoms with van der Waals surface area (Å²) in [6.45, 7) is 17.4. The molecular weight excluding hydrogens is 999 g/mol. The number of aryl methyl sites for hydroxylation is 1. The fraction of sp³-hybridized carbons (Fsp3) is 0.579. The van der Waals surface area contributed by atoms with Gasteiger partial charge < -0.3 is 41.5 Å². The van der Waals surface area contributed by atoms with Gasteiger partial charge in [-0.2, -0.15) is 0 Å². The number of nitrogens with two attached hydrogens (primary N) is 1. The Morgan fingerprint density at radius 2 is 1.57 bits per heavy atom. The molecule has 4 fully saturated rings. The smallest absolute Gasteiger partial charge is 0.246 e. The summed E-state index contributed by atoms with van der Waals surface area (Å²) in [4.78, 5) is 91.5. The number of anilines is 2. The van der Waals surface area contributed by atoms with Crippen molar-refractivity contribution in [3.8, 4) is 10.4 Å². The number of thiazole rings is 1. The topological polar surface area (TPSA) is 219 Å². The number of likely N-dealkylation sites (tertiary alicyclic amines) is 1. The van der Waals surface area contributed by atoms with Crippen molar-refractivity contribution in [2.75, 3.05) is 62.6 Å². The van der Waals surface area contributed by atoms with Gasteiger partial charge in [-0.1, -0.05) is 88.5 Å². The van der Waals surface area contributed by atoms with Crippen LogP contribution >= 0.6 is 23.1 Å². The van der Waals surface area contributed by atoms with Gasteiger partial charge in [0, 0.05) is 74.8 Å². The van der Waals surface area contributed by atoms with Crippen molar-refractivity contribution in [3.63, 3.8) is 0 Å². The molecule has 0 radical (unpaired) electrons. The summed E-state index contributed by atoms with van der Waals surface area (Å²) in [5.41, 5.74) is 11.0. The van der Waals surface area contributed by atoms with Crippen LogP contribution in [0.25, 0.3) is 10.4 Å². The van der Waals surface area contributed by atoms with Crippen molar-refractivity contribution in [3.05, 3.63) is 77.7 Å². The van der Waals surface area contributed by atoms with E-state index in [2.05, 4.69) is 47.6 Å². The highest BCUT2D eigenvalue weighted by Crippen LogP contribution is 2.41. The number of piperazine rings is 1. The Kier molecular flexibility index (Phi) is 18.9. The van der Waals surface area contributed by atoms with Crippen molar-refractivity contribution in [2.24, 2.45) is 23.0 Å². The number of hydrogen-bond acceptors (Lipinski definition) is 14. The van der Waals surface area contributed by atoms with Gasteiger partial charge in [0.05, 0.1) is 52.5 Å². The van der Waals surface area contributed by atoms with Crippen LogP contribution in [0, 0.1) is 24.2 Å². The van der Waals surface area contributed by atoms with Crippen molar-refractivity contribution >= 4 is 64.1 Å². The van der Waals surface area contributed by atoms with Crippen molar-refractivity contribution in [1.82, 2.24) is 40.3 Å². The Bertz CT molecular complexity index is 2620. The molecule has 1 saturated carbocycles. The van der Waals surface area contributed by atoms with E-state index < -0.39 is 23.6 Å². The Morgan fingerprint density at radius 3 is 2.24 bits per heavy atom. The summed E-state index contributed by atoms with van der Waals surface area (Å²) in [6.07, 6.45) is 11.4. The van der Waals surface area contributed by atoms with Crippen LogP contribution in [-0.2, 0) is 24.0 Å². The third-order valence-electron chi connectivity index (χ3n) is 15.5. The van der Waals surface area contributed by atoms with Crippen LogP contribution in [0.15, 0.2) is 76.4 Å². The monoisotopic (exact) mass is 1080 g/mol. The molecule has 8 rings (SSSR count). The first kappa shape index (κ1) is 56.7. The van der Waals surface area contributed by atoms with Gasteiger partial charge >= 0.3 is 0 Å². The second-order valence-corrected chi connectivity index (χ2v) is 24.8. The quantitative estimate of drug-likeness (QED) is 0.0523. The zero-order valence-corrected chi connectivity index (χ0v) is 46.9. The predicted molar refractivity (Wildman–Crippen MR) is 299 cm³/mol. The van der Waals surface area contributed by atoms with E-state index in [1.54, 1.807) is 17.5 Å². The molecule has 410 valence electrons. The number of nitrogens with zero attached hydrogens (tertiary/aromatic N) is 7. The van der Waals surface area contributed by atoms with Crippen molar-refractivity contribution in [1.29, 1.82) is 0 Å². The van der Waals surface area contributed by atoms with Crippen LogP contribution in [0.2, 0.25) is 0 Å². The zero-order chi connectivity index (χ0) is 54.1. The molecule has 3 aliphatic heterocycles. The molecular formula is C57H79N11O6S2. The molecule has 2 aromatic carbocycles. The molecule has 1 aliphatic carbocycles. The molecule has 6 atom stereocenters. The van der Waals surface area contributed by atoms with Gasteiger partial charge in [-0.15, -0.1) is 11.3 Å². The standard InChI is InChI=1S/C57H79N11O6S2/c1-37(39-17-19-40(20-18-39)50-38(2)61-36-75-50)62-53(72)46-31-42(69)35-68(46)55(74)51(56(3,4)5)64-48(70)16-11-9-7-8-10-12-23-65-26-28-67(29-27-65)54(73)45-32-44(45)52(71)63-41-14-13-15-43(30-41)76-49-34-59-47(33-60-49)66-24-21-57(6,58)22-25-66/h13-15,17-20,30,33-34,36-37,42,44-46,51,69H,7-12,16,21-29,31-32,35,58H2,1-6H3,(H,62,72)(H,63,71)(H,64,70)/t37-,42+,44?,45?,46-,51+/m0/s1. The molecule has 6 N–H and O–H groups in total. The lowest BCUT2D eigenvalue weighted by atomic mass is 9.85. The summed E-state index contributed by atoms with van der Waals surface area (Å²) in [7, 11) is 0. The number of aromatic nitrogens is 3. The third-order valence-corrected chi connectivity index (χ3v) is 17.4. The summed E-state index contributed by atoms with van der Waals surface area (Å²) >= 11 is 3.07. The summed E-state index contributed by atoms with van der Waals surface area (Å²) in [5.74, 6) is -0.673. The molecule has 4 aliphatic rings. The number of hydrogen-bond donors (Lipinski definition) is 5. The highest BCUT2D eigenvalue weighted by Gasteiger charge is 2.50. The number of benzene rings is 2. The predicted octanol–water partition coefficient (Wildman–Crippen LogP) is 7.20. The lowest BCUT2D eigenvalue weighted by Gasteiger charge is -2.37. The zero-order valence-electron chi connectivity index (χ0n) is 45.3. The molecule has 4 aromatic rings. The van der Waals surface area contributed by atoms with E-state index >= 15 is 0 Å². The maximum Gasteiger partial charge on any atom is 0.246 e. The average molecular weight is 1080 g/mol. The van der Waals surface area contributed by atoms with Gasteiger partial charge in [0.15, 0.2) is 0 Å². The van der Waals surface area contributed by atoms with Gasteiger partial charge in [0.25, 0.3) is 0 Å². The number of unbranched alkanes of at least 4 members (excludes halogenated alkanes) is 5. The van der Waals surface area contributed by atoms with Crippen molar-refractivity contribution in [2.45, 2.75) is 152 Å². The number of aliphatic hydroxyl groups is 1. The molecule has 19 heteroatoms. The number of β-amino-alcohol motifs (C(OH)–C–C–N with tert-alkyl or cyclic N) is 1. The second-order valence-electron chi connectivity index (χ2n) is 22.8. The van der Waals surface area contributed by atoms with E-state index in [0.29, 0.717) is 38.0 Å². The molecule has 5 amide bonds. The number of nitrogens with one attached hydrogen (secondary N) is 3. The van der Waals surface area contributed by atoms with E-state index in [4.69, 9.17) is 5.73 Å².